The van der Waals surface area contributed by atoms with Gasteiger partial charge in [-0.2, -0.15) is 10.2 Å². The number of halogens is 1. The molecule has 0 unspecified atom stereocenters. The van der Waals surface area contributed by atoms with Crippen LogP contribution in [0.5, 0.6) is 5.75 Å². The van der Waals surface area contributed by atoms with E-state index in [1.807, 2.05) is 0 Å². The lowest BCUT2D eigenvalue weighted by molar-refractivity contribution is -0.129. The summed E-state index contributed by atoms with van der Waals surface area (Å²) in [6.07, 6.45) is 3.00. The van der Waals surface area contributed by atoms with Gasteiger partial charge in [-0.15, -0.1) is 4.80 Å². The number of hydrogen-bond donors (Lipinski definition) is 2. The molecule has 3 aromatic heterocycles. The predicted octanol–water partition coefficient (Wildman–Crippen LogP) is 2.31. The smallest absolute Gasteiger partial charge is 0.333 e. The molecule has 0 fully saturated rings. The number of benzene rings is 1. The van der Waals surface area contributed by atoms with Crippen molar-refractivity contribution in [3.63, 3.8) is 0 Å². The molecule has 3 heterocycles. The lowest BCUT2D eigenvalue weighted by Crippen LogP contribution is -2.56. The standard InChI is InChI=1S/C28H35FN6O6S/c1-16(2)32-26(38)28(4,5)34-23(37)22-17(3)24(35-30-9-10-31-35)42-25(22)33(27(34)39)14-18(15-41-12-11-36)20-13-19(29)7-8-21(20)40-6/h7-10,13,16,18,36H,11-12,14-15H2,1-6H3,(H,32,38)/t18-/m1/s1. The Morgan fingerprint density at radius 2 is 1.90 bits per heavy atom. The van der Waals surface area contributed by atoms with Crippen molar-refractivity contribution in [2.45, 2.75) is 58.7 Å². The molecular formula is C28H35FN6O6S. The van der Waals surface area contributed by atoms with Gasteiger partial charge in [0.2, 0.25) is 5.91 Å². The normalized spacial score (nSPS) is 12.7. The lowest BCUT2D eigenvalue weighted by atomic mass is 9.98. The van der Waals surface area contributed by atoms with Gasteiger partial charge in [-0.25, -0.2) is 13.8 Å². The number of aliphatic hydroxyl groups excluding tert-OH is 1. The molecular weight excluding hydrogens is 567 g/mol. The topological polar surface area (TPSA) is 142 Å². The van der Waals surface area contributed by atoms with Crippen LogP contribution in [0.25, 0.3) is 15.2 Å². The van der Waals surface area contributed by atoms with Crippen LogP contribution in [-0.2, 0) is 21.6 Å². The highest BCUT2D eigenvalue weighted by molar-refractivity contribution is 7.21. The number of ether oxygens (including phenoxy) is 2. The number of aryl methyl sites for hydroxylation is 1. The molecule has 14 heteroatoms. The van der Waals surface area contributed by atoms with Gasteiger partial charge in [0.1, 0.15) is 26.9 Å². The van der Waals surface area contributed by atoms with E-state index in [-0.39, 0.29) is 37.8 Å². The maximum absolute atomic E-state index is 14.5. The Morgan fingerprint density at radius 1 is 1.21 bits per heavy atom. The number of thiophene rings is 1. The minimum absolute atomic E-state index is 0.00257. The molecule has 0 bridgehead atoms. The molecule has 1 amide bonds. The minimum Gasteiger partial charge on any atom is -0.496 e. The van der Waals surface area contributed by atoms with Gasteiger partial charge in [0.05, 0.1) is 44.7 Å². The van der Waals surface area contributed by atoms with Crippen molar-refractivity contribution < 1.29 is 23.8 Å². The first-order valence-corrected chi connectivity index (χ1v) is 14.2. The molecule has 1 atom stereocenters. The van der Waals surface area contributed by atoms with Gasteiger partial charge >= 0.3 is 5.69 Å². The molecule has 0 aliphatic carbocycles. The third-order valence-corrected chi connectivity index (χ3v) is 8.19. The van der Waals surface area contributed by atoms with E-state index in [2.05, 4.69) is 15.5 Å². The summed E-state index contributed by atoms with van der Waals surface area (Å²) in [5.41, 5.74) is -1.94. The summed E-state index contributed by atoms with van der Waals surface area (Å²) in [7, 11) is 1.45. The molecule has 0 aliphatic heterocycles. The van der Waals surface area contributed by atoms with Crippen molar-refractivity contribution in [1.29, 1.82) is 0 Å². The zero-order valence-electron chi connectivity index (χ0n) is 24.4. The van der Waals surface area contributed by atoms with Gasteiger partial charge in [-0.3, -0.25) is 14.2 Å². The molecule has 12 nitrogen and oxygen atoms in total. The second-order valence-corrected chi connectivity index (χ2v) is 11.6. The summed E-state index contributed by atoms with van der Waals surface area (Å²) < 4.78 is 28.0. The number of aliphatic hydroxyl groups is 1. The summed E-state index contributed by atoms with van der Waals surface area (Å²) in [4.78, 5) is 43.4. The highest BCUT2D eigenvalue weighted by atomic mass is 32.1. The van der Waals surface area contributed by atoms with E-state index in [4.69, 9.17) is 9.47 Å². The molecule has 4 aromatic rings. The van der Waals surface area contributed by atoms with Gasteiger partial charge in [-0.1, -0.05) is 11.3 Å². The monoisotopic (exact) mass is 602 g/mol. The fraction of sp³-hybridized carbons (Fsp3) is 0.464. The number of rotatable bonds is 12. The van der Waals surface area contributed by atoms with E-state index in [0.29, 0.717) is 26.7 Å². The molecule has 4 rings (SSSR count). The first kappa shape index (κ1) is 31.1. The molecule has 0 radical (unpaired) electrons. The number of carbonyl (C=O) groups excluding carboxylic acids is 1. The number of aromatic nitrogens is 5. The zero-order valence-corrected chi connectivity index (χ0v) is 25.2. The summed E-state index contributed by atoms with van der Waals surface area (Å²) in [6, 6.07) is 3.83. The van der Waals surface area contributed by atoms with Gasteiger partial charge in [0.25, 0.3) is 5.56 Å². The quantitative estimate of drug-likeness (QED) is 0.235. The average molecular weight is 603 g/mol. The van der Waals surface area contributed by atoms with E-state index < -0.39 is 34.4 Å². The molecule has 0 aliphatic rings. The van der Waals surface area contributed by atoms with Crippen LogP contribution >= 0.6 is 11.3 Å². The van der Waals surface area contributed by atoms with Gasteiger partial charge in [0, 0.05) is 29.6 Å². The van der Waals surface area contributed by atoms with Crippen molar-refractivity contribution in [2.75, 3.05) is 26.9 Å². The highest BCUT2D eigenvalue weighted by Gasteiger charge is 2.36. The van der Waals surface area contributed by atoms with Crippen LogP contribution < -0.4 is 21.3 Å². The van der Waals surface area contributed by atoms with Crippen molar-refractivity contribution in [2.24, 2.45) is 0 Å². The van der Waals surface area contributed by atoms with E-state index in [1.54, 1.807) is 20.8 Å². The molecule has 42 heavy (non-hydrogen) atoms. The molecule has 226 valence electrons. The SMILES string of the molecule is COc1ccc(F)cc1[C@@H](COCCO)Cn1c(=O)n(C(C)(C)C(=O)NC(C)C)c(=O)c2c(C)c(-n3nccn3)sc21. The maximum Gasteiger partial charge on any atom is 0.333 e. The van der Waals surface area contributed by atoms with Crippen LogP contribution in [-0.4, -0.2) is 68.1 Å². The maximum atomic E-state index is 14.5. The van der Waals surface area contributed by atoms with Crippen LogP contribution in [0.15, 0.2) is 40.2 Å². The summed E-state index contributed by atoms with van der Waals surface area (Å²) in [6.45, 7) is 8.06. The van der Waals surface area contributed by atoms with Gasteiger partial charge in [0.15, 0.2) is 0 Å². The number of fused-ring (bicyclic) bond motifs is 1. The first-order valence-electron chi connectivity index (χ1n) is 13.4. The number of nitrogens with zero attached hydrogens (tertiary/aromatic N) is 5. The molecule has 0 saturated carbocycles. The van der Waals surface area contributed by atoms with Crippen LogP contribution in [0.2, 0.25) is 0 Å². The molecule has 1 aromatic carbocycles. The average Bonchev–Trinajstić information content (AvgIpc) is 3.58. The van der Waals surface area contributed by atoms with Crippen molar-refractivity contribution in [3.8, 4) is 10.8 Å². The number of amides is 1. The van der Waals surface area contributed by atoms with Crippen LogP contribution in [0.1, 0.15) is 44.7 Å². The Bertz CT molecular complexity index is 1690. The summed E-state index contributed by atoms with van der Waals surface area (Å²) in [5.74, 6) is -1.27. The van der Waals surface area contributed by atoms with E-state index in [0.717, 1.165) is 15.9 Å². The number of hydrogen-bond acceptors (Lipinski definition) is 9. The van der Waals surface area contributed by atoms with Crippen LogP contribution in [0.3, 0.4) is 0 Å². The van der Waals surface area contributed by atoms with Crippen molar-refractivity contribution in [1.82, 2.24) is 29.4 Å². The lowest BCUT2D eigenvalue weighted by Gasteiger charge is -2.28. The fourth-order valence-electron chi connectivity index (χ4n) is 4.82. The van der Waals surface area contributed by atoms with Crippen LogP contribution in [0.4, 0.5) is 4.39 Å². The number of methoxy groups -OCH3 is 1. The highest BCUT2D eigenvalue weighted by Crippen LogP contribution is 2.34. The Hall–Kier alpha value is -3.88. The first-order chi connectivity index (χ1) is 19.9. The molecule has 0 saturated heterocycles. The minimum atomic E-state index is -1.56. The van der Waals surface area contributed by atoms with E-state index >= 15 is 0 Å². The number of carbonyl (C=O) groups is 1. The summed E-state index contributed by atoms with van der Waals surface area (Å²) >= 11 is 1.15. The second-order valence-electron chi connectivity index (χ2n) is 10.6. The number of nitrogens with one attached hydrogen (secondary N) is 1. The van der Waals surface area contributed by atoms with Gasteiger partial charge < -0.3 is 19.9 Å². The Kier molecular flexibility index (Phi) is 9.28. The van der Waals surface area contributed by atoms with E-state index in [1.165, 1.54) is 60.9 Å². The Labute approximate surface area is 245 Å². The molecule has 0 spiro atoms. The van der Waals surface area contributed by atoms with Crippen LogP contribution in [0, 0.1) is 12.7 Å². The second kappa shape index (κ2) is 12.5. The third-order valence-electron chi connectivity index (χ3n) is 6.91. The Balaban J connectivity index is 2.02. The predicted molar refractivity (Wildman–Crippen MR) is 156 cm³/mol. The fourth-order valence-corrected chi connectivity index (χ4v) is 6.04. The Morgan fingerprint density at radius 3 is 2.52 bits per heavy atom. The third kappa shape index (κ3) is 5.87. The largest absolute Gasteiger partial charge is 0.496 e. The molecule has 2 N–H and O–H groups in total. The van der Waals surface area contributed by atoms with E-state index in [9.17, 15) is 23.9 Å². The van der Waals surface area contributed by atoms with Gasteiger partial charge in [-0.05, 0) is 52.8 Å². The zero-order chi connectivity index (χ0) is 30.8. The van der Waals surface area contributed by atoms with Crippen molar-refractivity contribution >= 4 is 27.5 Å². The summed E-state index contributed by atoms with van der Waals surface area (Å²) in [5, 5.41) is 21.3. The van der Waals surface area contributed by atoms with Crippen molar-refractivity contribution in [3.05, 3.63) is 68.4 Å².